The molecule has 4 rings (SSSR count). The fourth-order valence-corrected chi connectivity index (χ4v) is 3.76. The number of rotatable bonds is 6. The van der Waals surface area contributed by atoms with Gasteiger partial charge < -0.3 is 10.2 Å². The van der Waals surface area contributed by atoms with Crippen LogP contribution in [-0.2, 0) is 0 Å². The van der Waals surface area contributed by atoms with Crippen LogP contribution in [-0.4, -0.2) is 21.4 Å². The molecule has 4 aromatic rings. The van der Waals surface area contributed by atoms with Crippen molar-refractivity contribution >= 4 is 55.4 Å². The second-order valence-corrected chi connectivity index (χ2v) is 7.56. The highest BCUT2D eigenvalue weighted by Gasteiger charge is 2.28. The minimum atomic E-state index is -0.565. The molecule has 1 N–H and O–H groups in total. The van der Waals surface area contributed by atoms with Crippen molar-refractivity contribution in [3.05, 3.63) is 87.4 Å². The Balaban J connectivity index is 1.85. The lowest BCUT2D eigenvalue weighted by Gasteiger charge is -2.24. The fraction of sp³-hybridized carbons (Fsp3) is 0.0909. The highest BCUT2D eigenvalue weighted by molar-refractivity contribution is 9.10. The Labute approximate surface area is 185 Å². The van der Waals surface area contributed by atoms with E-state index in [1.54, 1.807) is 11.0 Å². The molecule has 0 aliphatic heterocycles. The molecule has 3 aromatic carbocycles. The van der Waals surface area contributed by atoms with Crippen molar-refractivity contribution in [1.29, 1.82) is 0 Å². The van der Waals surface area contributed by atoms with E-state index in [0.717, 1.165) is 16.5 Å². The molecule has 31 heavy (non-hydrogen) atoms. The van der Waals surface area contributed by atoms with Crippen LogP contribution in [0.3, 0.4) is 0 Å². The van der Waals surface area contributed by atoms with Gasteiger partial charge in [-0.15, -0.1) is 0 Å². The number of hydrogen-bond donors (Lipinski definition) is 1. The molecule has 0 amide bonds. The van der Waals surface area contributed by atoms with Gasteiger partial charge in [-0.1, -0.05) is 52.3 Å². The monoisotopic (exact) mass is 481 g/mol. The van der Waals surface area contributed by atoms with Crippen molar-refractivity contribution in [2.75, 3.05) is 16.8 Å². The lowest BCUT2D eigenvalue weighted by Crippen LogP contribution is -2.20. The molecule has 0 bridgehead atoms. The summed E-state index contributed by atoms with van der Waals surface area (Å²) in [6, 6.07) is 17.9. The molecular weight excluding hydrogens is 465 g/mol. The van der Waals surface area contributed by atoms with Crippen LogP contribution in [0.15, 0.2) is 71.5 Å². The lowest BCUT2D eigenvalue weighted by molar-refractivity contribution is -0.383. The van der Waals surface area contributed by atoms with Crippen LogP contribution >= 0.6 is 15.9 Å². The summed E-state index contributed by atoms with van der Waals surface area (Å²) in [4.78, 5) is 21.5. The third-order valence-electron chi connectivity index (χ3n) is 4.80. The van der Waals surface area contributed by atoms with Gasteiger partial charge in [-0.05, 0) is 36.6 Å². The van der Waals surface area contributed by atoms with E-state index in [9.17, 15) is 14.5 Å². The molecule has 156 valence electrons. The summed E-state index contributed by atoms with van der Waals surface area (Å²) in [6.45, 7) is 2.31. The van der Waals surface area contributed by atoms with Crippen LogP contribution in [0.25, 0.3) is 10.8 Å². The highest BCUT2D eigenvalue weighted by Crippen LogP contribution is 2.39. The zero-order valence-electron chi connectivity index (χ0n) is 16.4. The van der Waals surface area contributed by atoms with Gasteiger partial charge in [0.1, 0.15) is 12.1 Å². The van der Waals surface area contributed by atoms with Crippen LogP contribution in [0.2, 0.25) is 0 Å². The number of aromatic nitrogens is 2. The van der Waals surface area contributed by atoms with Gasteiger partial charge in [-0.2, -0.15) is 0 Å². The molecule has 0 atom stereocenters. The normalized spacial score (nSPS) is 10.8. The third kappa shape index (κ3) is 4.04. The molecular formula is C22H17BrFN5O2. The minimum absolute atomic E-state index is 0.0733. The quantitative estimate of drug-likeness (QED) is 0.255. The molecule has 1 heterocycles. The summed E-state index contributed by atoms with van der Waals surface area (Å²) >= 11 is 3.20. The number of benzene rings is 3. The zero-order chi connectivity index (χ0) is 22.0. The van der Waals surface area contributed by atoms with E-state index < -0.39 is 10.7 Å². The van der Waals surface area contributed by atoms with E-state index in [1.165, 1.54) is 18.5 Å². The van der Waals surface area contributed by atoms with Crippen molar-refractivity contribution in [2.45, 2.75) is 6.92 Å². The van der Waals surface area contributed by atoms with Crippen molar-refractivity contribution < 1.29 is 9.31 Å². The van der Waals surface area contributed by atoms with Crippen LogP contribution in [0, 0.1) is 15.9 Å². The Morgan fingerprint density at radius 1 is 1.13 bits per heavy atom. The van der Waals surface area contributed by atoms with Gasteiger partial charge in [0.05, 0.1) is 16.3 Å². The fourth-order valence-electron chi connectivity index (χ4n) is 3.42. The Hall–Kier alpha value is -3.59. The molecule has 0 radical (unpaired) electrons. The summed E-state index contributed by atoms with van der Waals surface area (Å²) in [7, 11) is 0. The Bertz CT molecular complexity index is 1280. The average Bonchev–Trinajstić information content (AvgIpc) is 2.76. The van der Waals surface area contributed by atoms with Crippen molar-refractivity contribution in [3.63, 3.8) is 0 Å². The maximum absolute atomic E-state index is 14.3. The van der Waals surface area contributed by atoms with Crippen LogP contribution in [0.1, 0.15) is 6.92 Å². The second-order valence-electron chi connectivity index (χ2n) is 6.64. The zero-order valence-corrected chi connectivity index (χ0v) is 18.0. The third-order valence-corrected chi connectivity index (χ3v) is 5.29. The minimum Gasteiger partial charge on any atom is -0.332 e. The number of halogens is 2. The number of hydrogen-bond acceptors (Lipinski definition) is 6. The van der Waals surface area contributed by atoms with E-state index in [-0.39, 0.29) is 23.0 Å². The van der Waals surface area contributed by atoms with Gasteiger partial charge in [-0.3, -0.25) is 10.1 Å². The summed E-state index contributed by atoms with van der Waals surface area (Å²) < 4.78 is 14.9. The largest absolute Gasteiger partial charge is 0.354 e. The van der Waals surface area contributed by atoms with E-state index in [4.69, 9.17) is 0 Å². The van der Waals surface area contributed by atoms with Gasteiger partial charge in [0.2, 0.25) is 11.6 Å². The number of nitro groups is 1. The first-order valence-corrected chi connectivity index (χ1v) is 10.3. The van der Waals surface area contributed by atoms with Crippen LogP contribution in [0.5, 0.6) is 0 Å². The van der Waals surface area contributed by atoms with Crippen molar-refractivity contribution in [1.82, 2.24) is 9.97 Å². The van der Waals surface area contributed by atoms with E-state index in [0.29, 0.717) is 11.0 Å². The molecule has 7 nitrogen and oxygen atoms in total. The number of fused-ring (bicyclic) bond motifs is 1. The lowest BCUT2D eigenvalue weighted by atomic mass is 10.1. The highest BCUT2D eigenvalue weighted by atomic mass is 79.9. The van der Waals surface area contributed by atoms with E-state index >= 15 is 0 Å². The SMILES string of the molecule is CCN(c1ncnc(Nc2ccc(Br)cc2F)c1[N+](=O)[O-])c1cccc2ccccc12. The molecule has 0 spiro atoms. The first-order chi connectivity index (χ1) is 15.0. The van der Waals surface area contributed by atoms with Crippen molar-refractivity contribution in [2.24, 2.45) is 0 Å². The Morgan fingerprint density at radius 2 is 1.90 bits per heavy atom. The molecule has 0 saturated carbocycles. The summed E-state index contributed by atoms with van der Waals surface area (Å²) in [6.07, 6.45) is 1.23. The smallest absolute Gasteiger partial charge is 0.332 e. The average molecular weight is 482 g/mol. The molecule has 0 saturated heterocycles. The molecule has 9 heteroatoms. The Morgan fingerprint density at radius 3 is 2.65 bits per heavy atom. The predicted molar refractivity (Wildman–Crippen MR) is 123 cm³/mol. The standard InChI is InChI=1S/C22H17BrFN5O2/c1-2-28(19-9-5-7-14-6-3-4-8-16(14)19)22-20(29(30)31)21(25-13-26-22)27-18-11-10-15(23)12-17(18)24/h3-13H,2H2,1H3,(H,25,26,27). The van der Waals surface area contributed by atoms with Gasteiger partial charge in [0, 0.05) is 16.4 Å². The van der Waals surface area contributed by atoms with Gasteiger partial charge in [-0.25, -0.2) is 14.4 Å². The maximum atomic E-state index is 14.3. The molecule has 0 aliphatic carbocycles. The summed E-state index contributed by atoms with van der Waals surface area (Å²) in [5.74, 6) is -0.529. The van der Waals surface area contributed by atoms with Gasteiger partial charge >= 0.3 is 5.69 Å². The first kappa shape index (κ1) is 20.7. The summed E-state index contributed by atoms with van der Waals surface area (Å²) in [5, 5.41) is 16.7. The number of nitrogens with zero attached hydrogens (tertiary/aromatic N) is 4. The van der Waals surface area contributed by atoms with E-state index in [1.807, 2.05) is 49.4 Å². The van der Waals surface area contributed by atoms with Crippen molar-refractivity contribution in [3.8, 4) is 0 Å². The van der Waals surface area contributed by atoms with Gasteiger partial charge in [0.15, 0.2) is 0 Å². The maximum Gasteiger partial charge on any atom is 0.354 e. The van der Waals surface area contributed by atoms with E-state index in [2.05, 4.69) is 31.2 Å². The number of anilines is 4. The molecule has 0 unspecified atom stereocenters. The second kappa shape index (κ2) is 8.65. The van der Waals surface area contributed by atoms with Gasteiger partial charge in [0.25, 0.3) is 0 Å². The molecule has 1 aromatic heterocycles. The number of nitrogens with one attached hydrogen (secondary N) is 1. The molecule has 0 fully saturated rings. The summed E-state index contributed by atoms with van der Waals surface area (Å²) in [5.41, 5.74) is 0.520. The first-order valence-electron chi connectivity index (χ1n) is 9.46. The topological polar surface area (TPSA) is 84.2 Å². The predicted octanol–water partition coefficient (Wildman–Crippen LogP) is 6.34. The van der Waals surface area contributed by atoms with Crippen LogP contribution < -0.4 is 10.2 Å². The molecule has 0 aliphatic rings. The van der Waals surface area contributed by atoms with Crippen LogP contribution in [0.4, 0.5) is 33.1 Å². The Kier molecular flexibility index (Phi) is 5.77.